The zero-order valence-electron chi connectivity index (χ0n) is 20.2. The first-order valence-corrected chi connectivity index (χ1v) is 13.3. The third-order valence-corrected chi connectivity index (χ3v) is 9.77. The number of fused-ring (bicyclic) bond motifs is 3. The van der Waals surface area contributed by atoms with E-state index in [1.165, 1.54) is 0 Å². The normalized spacial score (nSPS) is 26.4. The van der Waals surface area contributed by atoms with Gasteiger partial charge in [-0.05, 0) is 48.4 Å². The van der Waals surface area contributed by atoms with Crippen molar-refractivity contribution in [3.63, 3.8) is 0 Å². The molecule has 0 unspecified atom stereocenters. The maximum absolute atomic E-state index is 14.2. The Morgan fingerprint density at radius 1 is 1.09 bits per heavy atom. The van der Waals surface area contributed by atoms with Crippen LogP contribution in [0.25, 0.3) is 0 Å². The lowest BCUT2D eigenvalue weighted by atomic mass is 9.53. The number of carboxylic acid groups (broad SMARTS) is 1. The van der Waals surface area contributed by atoms with Crippen LogP contribution in [0, 0.1) is 11.3 Å². The van der Waals surface area contributed by atoms with Crippen LogP contribution < -0.4 is 0 Å². The van der Waals surface area contributed by atoms with E-state index in [0.29, 0.717) is 56.0 Å². The van der Waals surface area contributed by atoms with Gasteiger partial charge in [-0.2, -0.15) is 0 Å². The minimum atomic E-state index is -1.06. The molecule has 0 saturated heterocycles. The van der Waals surface area contributed by atoms with Crippen molar-refractivity contribution >= 4 is 58.3 Å². The molecule has 35 heavy (non-hydrogen) atoms. The number of amides is 1. The molecule has 4 nitrogen and oxygen atoms in total. The molecular formula is C27H29Cl4NO3. The van der Waals surface area contributed by atoms with Crippen LogP contribution in [-0.4, -0.2) is 28.4 Å². The Morgan fingerprint density at radius 2 is 1.74 bits per heavy atom. The molecular weight excluding hydrogens is 528 g/mol. The van der Waals surface area contributed by atoms with Gasteiger partial charge in [0, 0.05) is 29.4 Å². The molecule has 0 radical (unpaired) electrons. The average Bonchev–Trinajstić information content (AvgIpc) is 2.87. The lowest BCUT2D eigenvalue weighted by molar-refractivity contribution is -0.157. The zero-order valence-corrected chi connectivity index (χ0v) is 23.2. The lowest BCUT2D eigenvalue weighted by Crippen LogP contribution is -2.53. The molecule has 0 aromatic heterocycles. The molecule has 0 bridgehead atoms. The van der Waals surface area contributed by atoms with Gasteiger partial charge in [0.05, 0.1) is 26.0 Å². The molecule has 1 fully saturated rings. The van der Waals surface area contributed by atoms with Crippen molar-refractivity contribution in [3.05, 3.63) is 66.6 Å². The summed E-state index contributed by atoms with van der Waals surface area (Å²) in [5, 5.41) is 11.8. The number of carbonyl (C=O) groups excluding carboxylic acids is 1. The summed E-state index contributed by atoms with van der Waals surface area (Å²) in [6, 6.07) is 7.34. The van der Waals surface area contributed by atoms with Crippen LogP contribution in [0.1, 0.15) is 79.9 Å². The number of carbonyl (C=O) groups is 2. The molecule has 3 atom stereocenters. The molecule has 1 amide bonds. The van der Waals surface area contributed by atoms with Crippen LogP contribution in [0.4, 0.5) is 0 Å². The summed E-state index contributed by atoms with van der Waals surface area (Å²) in [5.74, 6) is -1.64. The molecule has 2 aromatic rings. The average molecular weight is 557 g/mol. The molecule has 1 heterocycles. The summed E-state index contributed by atoms with van der Waals surface area (Å²) in [7, 11) is 0. The lowest BCUT2D eigenvalue weighted by Gasteiger charge is -2.50. The van der Waals surface area contributed by atoms with Gasteiger partial charge in [0.25, 0.3) is 5.91 Å². The second kappa shape index (κ2) is 9.45. The summed E-state index contributed by atoms with van der Waals surface area (Å²) in [5.41, 5.74) is 0.527. The minimum Gasteiger partial charge on any atom is -0.481 e. The quantitative estimate of drug-likeness (QED) is 0.386. The van der Waals surface area contributed by atoms with Crippen LogP contribution in [-0.2, 0) is 16.8 Å². The fourth-order valence-electron chi connectivity index (χ4n) is 6.19. The number of hydrogen-bond donors (Lipinski definition) is 1. The smallest absolute Gasteiger partial charge is 0.309 e. The minimum absolute atomic E-state index is 0.0647. The number of benzene rings is 2. The molecule has 4 rings (SSSR count). The van der Waals surface area contributed by atoms with Gasteiger partial charge in [-0.15, -0.1) is 0 Å². The summed E-state index contributed by atoms with van der Waals surface area (Å²) < 4.78 is 0. The fraction of sp³-hybridized carbons (Fsp3) is 0.481. The van der Waals surface area contributed by atoms with E-state index < -0.39 is 22.7 Å². The summed E-state index contributed by atoms with van der Waals surface area (Å²) in [6.45, 7) is 8.15. The first-order valence-electron chi connectivity index (χ1n) is 11.8. The van der Waals surface area contributed by atoms with Gasteiger partial charge in [0.1, 0.15) is 0 Å². The van der Waals surface area contributed by atoms with Crippen molar-refractivity contribution in [1.82, 2.24) is 4.90 Å². The SMILES string of the molecule is CC(C)c1c(Cl)c(Cl)c2c(c1Cl)C(=O)N(Cc1ccccc1Cl)C[C@H]1[C@](C)(C(=O)O)CCC[C@]21C. The molecule has 188 valence electrons. The highest BCUT2D eigenvalue weighted by Gasteiger charge is 2.58. The first-order chi connectivity index (χ1) is 16.3. The van der Waals surface area contributed by atoms with Gasteiger partial charge in [-0.3, -0.25) is 9.59 Å². The number of hydrogen-bond acceptors (Lipinski definition) is 2. The Balaban J connectivity index is 2.03. The van der Waals surface area contributed by atoms with Crippen LogP contribution in [0.5, 0.6) is 0 Å². The Hall–Kier alpha value is -1.46. The van der Waals surface area contributed by atoms with Gasteiger partial charge in [0.15, 0.2) is 0 Å². The predicted molar refractivity (Wildman–Crippen MR) is 142 cm³/mol. The van der Waals surface area contributed by atoms with E-state index in [2.05, 4.69) is 0 Å². The topological polar surface area (TPSA) is 57.6 Å². The number of carboxylic acids is 1. The van der Waals surface area contributed by atoms with E-state index in [0.717, 1.165) is 5.56 Å². The highest BCUT2D eigenvalue weighted by Crippen LogP contribution is 2.59. The first kappa shape index (κ1) is 26.6. The Bertz CT molecular complexity index is 1210. The summed E-state index contributed by atoms with van der Waals surface area (Å²) >= 11 is 27.1. The monoisotopic (exact) mass is 555 g/mol. The third kappa shape index (κ3) is 4.15. The molecule has 1 aliphatic carbocycles. The van der Waals surface area contributed by atoms with Crippen LogP contribution in [0.3, 0.4) is 0 Å². The molecule has 2 aromatic carbocycles. The van der Waals surface area contributed by atoms with E-state index in [1.807, 2.05) is 39.0 Å². The summed E-state index contributed by atoms with van der Waals surface area (Å²) in [6.07, 6.45) is 1.87. The van der Waals surface area contributed by atoms with Crippen molar-refractivity contribution in [2.45, 2.75) is 64.8 Å². The number of nitrogens with zero attached hydrogens (tertiary/aromatic N) is 1. The maximum atomic E-state index is 14.2. The van der Waals surface area contributed by atoms with E-state index in [4.69, 9.17) is 46.4 Å². The van der Waals surface area contributed by atoms with Crippen molar-refractivity contribution in [2.75, 3.05) is 6.54 Å². The maximum Gasteiger partial charge on any atom is 0.309 e. The Labute approximate surface area is 226 Å². The van der Waals surface area contributed by atoms with E-state index in [-0.39, 0.29) is 24.9 Å². The second-order valence-electron chi connectivity index (χ2n) is 10.6. The van der Waals surface area contributed by atoms with Gasteiger partial charge >= 0.3 is 5.97 Å². The molecule has 8 heteroatoms. The van der Waals surface area contributed by atoms with Gasteiger partial charge < -0.3 is 10.0 Å². The predicted octanol–water partition coefficient (Wildman–Crippen LogP) is 8.23. The van der Waals surface area contributed by atoms with E-state index in [1.54, 1.807) is 17.9 Å². The zero-order chi connectivity index (χ0) is 25.9. The Kier molecular flexibility index (Phi) is 7.18. The van der Waals surface area contributed by atoms with Crippen LogP contribution >= 0.6 is 46.4 Å². The van der Waals surface area contributed by atoms with Crippen LogP contribution in [0.2, 0.25) is 20.1 Å². The Morgan fingerprint density at radius 3 is 2.34 bits per heavy atom. The molecule has 1 saturated carbocycles. The second-order valence-corrected chi connectivity index (χ2v) is 12.1. The van der Waals surface area contributed by atoms with E-state index in [9.17, 15) is 14.7 Å². The summed E-state index contributed by atoms with van der Waals surface area (Å²) in [4.78, 5) is 28.6. The molecule has 1 aliphatic heterocycles. The van der Waals surface area contributed by atoms with Gasteiger partial charge in [0.2, 0.25) is 0 Å². The van der Waals surface area contributed by atoms with Crippen molar-refractivity contribution in [2.24, 2.45) is 11.3 Å². The standard InChI is InChI=1S/C27H29Cl4NO3/c1-14(2)18-21(29)19-20(23(31)22(18)30)26(3)10-7-11-27(4,25(34)35)17(26)13-32(24(19)33)12-15-8-5-6-9-16(15)28/h5-6,8-9,14,17H,7,10-13H2,1-4H3,(H,34,35)/t17-,26+,27-/m1/s1. The van der Waals surface area contributed by atoms with E-state index >= 15 is 0 Å². The van der Waals surface area contributed by atoms with Crippen LogP contribution in [0.15, 0.2) is 24.3 Å². The third-order valence-electron chi connectivity index (χ3n) is 8.15. The van der Waals surface area contributed by atoms with Gasteiger partial charge in [-0.25, -0.2) is 0 Å². The highest BCUT2D eigenvalue weighted by atomic mass is 35.5. The fourth-order valence-corrected chi connectivity index (χ4v) is 7.74. The molecule has 0 spiro atoms. The number of halogens is 4. The molecule has 1 N–H and O–H groups in total. The van der Waals surface area contributed by atoms with Crippen molar-refractivity contribution in [1.29, 1.82) is 0 Å². The van der Waals surface area contributed by atoms with Crippen molar-refractivity contribution in [3.8, 4) is 0 Å². The highest BCUT2D eigenvalue weighted by molar-refractivity contribution is 6.46. The number of aliphatic carboxylic acids is 1. The van der Waals surface area contributed by atoms with Gasteiger partial charge in [-0.1, -0.05) is 91.8 Å². The molecule has 2 aliphatic rings. The number of rotatable bonds is 4. The van der Waals surface area contributed by atoms with Crippen molar-refractivity contribution < 1.29 is 14.7 Å². The largest absolute Gasteiger partial charge is 0.481 e.